The van der Waals surface area contributed by atoms with E-state index in [0.717, 1.165) is 29.1 Å². The molecule has 2 N–H and O–H groups in total. The molecule has 0 saturated heterocycles. The van der Waals surface area contributed by atoms with Gasteiger partial charge in [0.15, 0.2) is 0 Å². The molecule has 1 aliphatic rings. The Balaban J connectivity index is 1.61. The molecular formula is C25H24N2O2. The van der Waals surface area contributed by atoms with E-state index >= 15 is 0 Å². The van der Waals surface area contributed by atoms with Gasteiger partial charge in [0.1, 0.15) is 11.5 Å². The van der Waals surface area contributed by atoms with Gasteiger partial charge in [-0.3, -0.25) is 0 Å². The van der Waals surface area contributed by atoms with Gasteiger partial charge in [0, 0.05) is 28.2 Å². The topological polar surface area (TPSA) is 46.3 Å². The summed E-state index contributed by atoms with van der Waals surface area (Å²) in [5.74, 6) is 1.99. The third kappa shape index (κ3) is 3.21. The molecule has 2 heterocycles. The zero-order valence-corrected chi connectivity index (χ0v) is 16.6. The zero-order valence-electron chi connectivity index (χ0n) is 16.6. The second kappa shape index (κ2) is 7.21. The molecule has 0 saturated carbocycles. The highest BCUT2D eigenvalue weighted by Crippen LogP contribution is 2.45. The normalized spacial score (nSPS) is 18.1. The van der Waals surface area contributed by atoms with Crippen molar-refractivity contribution in [2.24, 2.45) is 0 Å². The van der Waals surface area contributed by atoms with Crippen LogP contribution in [0.5, 0.6) is 11.5 Å². The van der Waals surface area contributed by atoms with E-state index in [1.54, 1.807) is 14.2 Å². The molecule has 0 spiro atoms. The molecule has 3 aromatic carbocycles. The van der Waals surface area contributed by atoms with Crippen LogP contribution in [0.1, 0.15) is 35.2 Å². The molecule has 4 nitrogen and oxygen atoms in total. The number of rotatable bonds is 4. The number of hydrogen-bond donors (Lipinski definition) is 2. The molecule has 1 aromatic heterocycles. The maximum Gasteiger partial charge on any atom is 0.119 e. The Morgan fingerprint density at radius 1 is 0.828 bits per heavy atom. The number of H-pyrrole nitrogens is 1. The molecule has 146 valence electrons. The summed E-state index contributed by atoms with van der Waals surface area (Å²) in [6.07, 6.45) is 0.966. The fraction of sp³-hybridized carbons (Fsp3) is 0.200. The Labute approximate surface area is 170 Å². The molecule has 29 heavy (non-hydrogen) atoms. The van der Waals surface area contributed by atoms with Gasteiger partial charge in [0.2, 0.25) is 0 Å². The third-order valence-corrected chi connectivity index (χ3v) is 5.86. The summed E-state index contributed by atoms with van der Waals surface area (Å²) in [6.45, 7) is 0. The van der Waals surface area contributed by atoms with Gasteiger partial charge in [-0.1, -0.05) is 30.3 Å². The highest BCUT2D eigenvalue weighted by molar-refractivity contribution is 5.82. The molecule has 0 amide bonds. The maximum absolute atomic E-state index is 5.51. The first kappa shape index (κ1) is 17.7. The van der Waals surface area contributed by atoms with Crippen molar-refractivity contribution in [2.75, 3.05) is 19.5 Å². The number of anilines is 1. The fourth-order valence-electron chi connectivity index (χ4n) is 4.34. The molecular weight excluding hydrogens is 360 g/mol. The first-order chi connectivity index (χ1) is 14.2. The summed E-state index contributed by atoms with van der Waals surface area (Å²) >= 11 is 0. The van der Waals surface area contributed by atoms with Crippen LogP contribution in [-0.4, -0.2) is 19.2 Å². The highest BCUT2D eigenvalue weighted by Gasteiger charge is 2.30. The second-order valence-corrected chi connectivity index (χ2v) is 7.53. The third-order valence-electron chi connectivity index (χ3n) is 5.86. The van der Waals surface area contributed by atoms with Crippen LogP contribution in [0, 0.1) is 0 Å². The van der Waals surface area contributed by atoms with Crippen molar-refractivity contribution in [3.8, 4) is 11.5 Å². The van der Waals surface area contributed by atoms with Crippen molar-refractivity contribution in [3.63, 3.8) is 0 Å². The van der Waals surface area contributed by atoms with Gasteiger partial charge >= 0.3 is 0 Å². The van der Waals surface area contributed by atoms with Crippen molar-refractivity contribution < 1.29 is 9.47 Å². The lowest BCUT2D eigenvalue weighted by atomic mass is 9.82. The van der Waals surface area contributed by atoms with Crippen molar-refractivity contribution in [3.05, 3.63) is 89.6 Å². The van der Waals surface area contributed by atoms with Crippen LogP contribution < -0.4 is 14.8 Å². The van der Waals surface area contributed by atoms with Gasteiger partial charge in [-0.25, -0.2) is 0 Å². The Bertz CT molecular complexity index is 1150. The van der Waals surface area contributed by atoms with E-state index < -0.39 is 0 Å². The number of aromatic amines is 1. The summed E-state index contributed by atoms with van der Waals surface area (Å²) in [4.78, 5) is 3.64. The van der Waals surface area contributed by atoms with E-state index in [2.05, 4.69) is 71.0 Å². The van der Waals surface area contributed by atoms with Crippen molar-refractivity contribution >= 4 is 16.6 Å². The molecule has 4 heteroatoms. The highest BCUT2D eigenvalue weighted by atomic mass is 16.5. The Morgan fingerprint density at radius 3 is 2.38 bits per heavy atom. The van der Waals surface area contributed by atoms with Crippen LogP contribution in [0.4, 0.5) is 5.69 Å². The largest absolute Gasteiger partial charge is 0.497 e. The summed E-state index contributed by atoms with van der Waals surface area (Å²) < 4.78 is 10.9. The van der Waals surface area contributed by atoms with Gasteiger partial charge in [-0.15, -0.1) is 0 Å². The SMILES string of the molecule is COc1ccc2c(c1)[C@H](c1cc3cc(OC)ccc3[nH]1)C[C@H](c1ccccc1)N2. The molecule has 4 aromatic rings. The van der Waals surface area contributed by atoms with E-state index in [4.69, 9.17) is 9.47 Å². The number of fused-ring (bicyclic) bond motifs is 2. The summed E-state index contributed by atoms with van der Waals surface area (Å²) in [5.41, 5.74) is 6.06. The van der Waals surface area contributed by atoms with Gasteiger partial charge in [0.05, 0.1) is 20.3 Å². The van der Waals surface area contributed by atoms with Crippen LogP contribution in [0.25, 0.3) is 10.9 Å². The number of hydrogen-bond acceptors (Lipinski definition) is 3. The van der Waals surface area contributed by atoms with Gasteiger partial charge in [-0.05, 0) is 60.0 Å². The van der Waals surface area contributed by atoms with E-state index in [0.29, 0.717) is 0 Å². The van der Waals surface area contributed by atoms with Crippen LogP contribution >= 0.6 is 0 Å². The molecule has 5 rings (SSSR count). The van der Waals surface area contributed by atoms with Crippen LogP contribution in [-0.2, 0) is 0 Å². The first-order valence-corrected chi connectivity index (χ1v) is 9.91. The standard InChI is InChI=1S/C25H24N2O2/c1-28-18-8-10-22-17(12-18)13-25(26-22)21-15-24(16-6-4-3-5-7-16)27-23-11-9-19(29-2)14-20(21)23/h3-14,21,24,26-27H,15H2,1-2H3/t21-,24-/m1/s1. The summed E-state index contributed by atoms with van der Waals surface area (Å²) in [5, 5.41) is 4.89. The number of methoxy groups -OCH3 is 2. The monoisotopic (exact) mass is 384 g/mol. The Kier molecular flexibility index (Phi) is 4.39. The van der Waals surface area contributed by atoms with E-state index in [1.807, 2.05) is 12.1 Å². The molecule has 0 aliphatic carbocycles. The number of benzene rings is 3. The van der Waals surface area contributed by atoms with Crippen LogP contribution in [0.3, 0.4) is 0 Å². The lowest BCUT2D eigenvalue weighted by molar-refractivity contribution is 0.413. The molecule has 0 unspecified atom stereocenters. The van der Waals surface area contributed by atoms with E-state index in [1.165, 1.54) is 22.2 Å². The number of nitrogens with one attached hydrogen (secondary N) is 2. The maximum atomic E-state index is 5.51. The number of aromatic nitrogens is 1. The van der Waals surface area contributed by atoms with Gasteiger partial charge < -0.3 is 19.8 Å². The molecule has 2 atom stereocenters. The van der Waals surface area contributed by atoms with Gasteiger partial charge in [0.25, 0.3) is 0 Å². The van der Waals surface area contributed by atoms with E-state index in [9.17, 15) is 0 Å². The van der Waals surface area contributed by atoms with Crippen LogP contribution in [0.15, 0.2) is 72.8 Å². The van der Waals surface area contributed by atoms with E-state index in [-0.39, 0.29) is 12.0 Å². The minimum atomic E-state index is 0.241. The average Bonchev–Trinajstić information content (AvgIpc) is 3.21. The fourth-order valence-corrected chi connectivity index (χ4v) is 4.34. The molecule has 0 radical (unpaired) electrons. The quantitative estimate of drug-likeness (QED) is 0.462. The van der Waals surface area contributed by atoms with Crippen molar-refractivity contribution in [2.45, 2.75) is 18.4 Å². The predicted octanol–water partition coefficient (Wildman–Crippen LogP) is 5.87. The lowest BCUT2D eigenvalue weighted by Gasteiger charge is -2.33. The van der Waals surface area contributed by atoms with Crippen LogP contribution in [0.2, 0.25) is 0 Å². The number of ether oxygens (including phenoxy) is 2. The zero-order chi connectivity index (χ0) is 19.8. The van der Waals surface area contributed by atoms with Crippen molar-refractivity contribution in [1.82, 2.24) is 4.98 Å². The molecule has 1 aliphatic heterocycles. The minimum absolute atomic E-state index is 0.241. The Morgan fingerprint density at radius 2 is 1.59 bits per heavy atom. The Hall–Kier alpha value is -3.40. The molecule has 0 fully saturated rings. The second-order valence-electron chi connectivity index (χ2n) is 7.53. The minimum Gasteiger partial charge on any atom is -0.497 e. The summed E-state index contributed by atoms with van der Waals surface area (Å²) in [6, 6.07) is 25.6. The summed E-state index contributed by atoms with van der Waals surface area (Å²) in [7, 11) is 3.42. The average molecular weight is 384 g/mol. The van der Waals surface area contributed by atoms with Gasteiger partial charge in [-0.2, -0.15) is 0 Å². The lowest BCUT2D eigenvalue weighted by Crippen LogP contribution is -2.22. The van der Waals surface area contributed by atoms with Crippen molar-refractivity contribution in [1.29, 1.82) is 0 Å². The first-order valence-electron chi connectivity index (χ1n) is 9.91. The molecule has 0 bridgehead atoms. The smallest absolute Gasteiger partial charge is 0.119 e. The predicted molar refractivity (Wildman–Crippen MR) is 117 cm³/mol.